The zero-order valence-electron chi connectivity index (χ0n) is 21.5. The lowest BCUT2D eigenvalue weighted by Gasteiger charge is -2.40. The molecule has 1 N–H and O–H groups in total. The van der Waals surface area contributed by atoms with E-state index in [0.29, 0.717) is 56.5 Å². The lowest BCUT2D eigenvalue weighted by atomic mass is 9.71. The third-order valence-corrected chi connectivity index (χ3v) is 10.3. The molecular weight excluding hydrogens is 637 g/mol. The molecule has 4 heterocycles. The lowest BCUT2D eigenvalue weighted by molar-refractivity contribution is -0.128. The average molecular weight is 660 g/mol. The molecule has 6 nitrogen and oxygen atoms in total. The van der Waals surface area contributed by atoms with Gasteiger partial charge in [0.25, 0.3) is 0 Å². The van der Waals surface area contributed by atoms with E-state index in [0.717, 1.165) is 18.4 Å². The van der Waals surface area contributed by atoms with E-state index in [9.17, 15) is 9.18 Å². The number of hydrogen-bond donors (Lipinski definition) is 1. The first kappa shape index (κ1) is 25.9. The quantitative estimate of drug-likeness (QED) is 0.255. The summed E-state index contributed by atoms with van der Waals surface area (Å²) in [5.41, 5.74) is 1.13. The van der Waals surface area contributed by atoms with Gasteiger partial charge >= 0.3 is 0 Å². The first-order valence-electron chi connectivity index (χ1n) is 13.6. The molecule has 1 spiro atoms. The van der Waals surface area contributed by atoms with Gasteiger partial charge in [-0.3, -0.25) is 9.69 Å². The van der Waals surface area contributed by atoms with Crippen LogP contribution in [-0.4, -0.2) is 39.8 Å². The number of nitrogens with one attached hydrogen (secondary N) is 1. The van der Waals surface area contributed by atoms with Gasteiger partial charge in [0.15, 0.2) is 0 Å². The van der Waals surface area contributed by atoms with Crippen LogP contribution in [0.4, 0.5) is 14.5 Å². The molecule has 0 unspecified atom stereocenters. The monoisotopic (exact) mass is 658 g/mol. The number of amides is 1. The minimum atomic E-state index is -1.22. The highest BCUT2D eigenvalue weighted by atomic mass is 79.9. The third-order valence-electron chi connectivity index (χ3n) is 9.19. The standard InChI is InChI=1S/C30H23BrCl2F2N4O2/c31-20-10-23-17(9-22(20)34)28-39(37-23)12-18-25(13-41-28)38(11-14-4-5-14)30(26(18)16-2-1-3-21(33)27(16)35)19-7-6-15(32)8-24(19)36-29(30)40/h1-3,6-10,14,18,25-26H,4-5,11-13H2,(H,36,40)/t18-,25+,26+,30-/m1/s1. The summed E-state index contributed by atoms with van der Waals surface area (Å²) in [4.78, 5) is 16.6. The number of benzene rings is 3. The fourth-order valence-electron chi connectivity index (χ4n) is 7.35. The van der Waals surface area contributed by atoms with Gasteiger partial charge in [0.2, 0.25) is 11.8 Å². The van der Waals surface area contributed by atoms with Gasteiger partial charge in [0, 0.05) is 41.2 Å². The number of hydrogen-bond acceptors (Lipinski definition) is 4. The van der Waals surface area contributed by atoms with Crippen LogP contribution in [0.1, 0.15) is 29.9 Å². The molecule has 0 bridgehead atoms. The van der Waals surface area contributed by atoms with Crippen LogP contribution in [0.3, 0.4) is 0 Å². The number of fused-ring (bicyclic) bond motifs is 6. The number of ether oxygens (including phenoxy) is 1. The second-order valence-electron chi connectivity index (χ2n) is 11.4. The highest BCUT2D eigenvalue weighted by Gasteiger charge is 2.68. The fraction of sp³-hybridized carbons (Fsp3) is 0.333. The number of rotatable bonds is 3. The molecule has 1 saturated heterocycles. The van der Waals surface area contributed by atoms with Gasteiger partial charge in [-0.1, -0.05) is 41.4 Å². The molecule has 3 aliphatic heterocycles. The SMILES string of the molecule is O=C1Nc2cc(Cl)ccc2[C@@]12[C@@H](c1cccc(Cl)c1F)[C@@H]1Cn3nc4cc(Br)c(F)cc4c3OC[C@@H]1N2CC1CC1. The van der Waals surface area contributed by atoms with Gasteiger partial charge in [0.05, 0.1) is 26.4 Å². The van der Waals surface area contributed by atoms with Gasteiger partial charge < -0.3 is 10.1 Å². The summed E-state index contributed by atoms with van der Waals surface area (Å²) in [6, 6.07) is 13.2. The molecule has 4 aromatic rings. The first-order chi connectivity index (χ1) is 19.8. The van der Waals surface area contributed by atoms with Crippen LogP contribution in [-0.2, 0) is 16.9 Å². The van der Waals surface area contributed by atoms with E-state index < -0.39 is 23.1 Å². The van der Waals surface area contributed by atoms with E-state index >= 15 is 4.39 Å². The Hall–Kier alpha value is -2.72. The normalized spacial score (nSPS) is 27.0. The number of aromatic nitrogens is 2. The molecule has 1 amide bonds. The number of anilines is 1. The molecule has 11 heteroatoms. The summed E-state index contributed by atoms with van der Waals surface area (Å²) in [5.74, 6) is -1.20. The van der Waals surface area contributed by atoms with Crippen molar-refractivity contribution in [3.8, 4) is 5.88 Å². The maximum Gasteiger partial charge on any atom is 0.250 e. The predicted octanol–water partition coefficient (Wildman–Crippen LogP) is 7.12. The molecule has 4 aliphatic rings. The van der Waals surface area contributed by atoms with Crippen molar-refractivity contribution in [3.63, 3.8) is 0 Å². The molecule has 210 valence electrons. The summed E-state index contributed by atoms with van der Waals surface area (Å²) in [7, 11) is 0. The van der Waals surface area contributed by atoms with E-state index in [4.69, 9.17) is 33.0 Å². The van der Waals surface area contributed by atoms with Crippen molar-refractivity contribution in [2.24, 2.45) is 11.8 Å². The van der Waals surface area contributed by atoms with Crippen molar-refractivity contribution in [1.29, 1.82) is 0 Å². The Kier molecular flexibility index (Phi) is 5.78. The molecule has 41 heavy (non-hydrogen) atoms. The largest absolute Gasteiger partial charge is 0.476 e. The van der Waals surface area contributed by atoms with E-state index in [-0.39, 0.29) is 29.5 Å². The Balaban J connectivity index is 1.38. The van der Waals surface area contributed by atoms with Crippen molar-refractivity contribution < 1.29 is 18.3 Å². The summed E-state index contributed by atoms with van der Waals surface area (Å²) in [6.45, 7) is 1.22. The van der Waals surface area contributed by atoms with Crippen LogP contribution in [0.15, 0.2) is 53.0 Å². The van der Waals surface area contributed by atoms with Crippen LogP contribution >= 0.6 is 39.1 Å². The molecular formula is C30H23BrCl2F2N4O2. The van der Waals surface area contributed by atoms with Crippen LogP contribution < -0.4 is 10.1 Å². The molecule has 2 fully saturated rings. The van der Waals surface area contributed by atoms with Gasteiger partial charge in [-0.15, -0.1) is 0 Å². The fourth-order valence-corrected chi connectivity index (χ4v) is 8.03. The maximum atomic E-state index is 16.1. The molecule has 0 radical (unpaired) electrons. The molecule has 1 aliphatic carbocycles. The van der Waals surface area contributed by atoms with Crippen LogP contribution in [0.2, 0.25) is 10.0 Å². The number of carbonyl (C=O) groups excluding carboxylic acids is 1. The number of carbonyl (C=O) groups is 1. The van der Waals surface area contributed by atoms with Crippen molar-refractivity contribution >= 4 is 61.6 Å². The van der Waals surface area contributed by atoms with Crippen LogP contribution in [0.5, 0.6) is 5.88 Å². The van der Waals surface area contributed by atoms with Gasteiger partial charge in [-0.25, -0.2) is 13.5 Å². The Labute approximate surface area is 252 Å². The zero-order valence-corrected chi connectivity index (χ0v) is 24.6. The Morgan fingerprint density at radius 2 is 1.98 bits per heavy atom. The predicted molar refractivity (Wildman–Crippen MR) is 156 cm³/mol. The molecule has 1 aromatic heterocycles. The minimum absolute atomic E-state index is 0.000270. The number of nitrogens with zero attached hydrogens (tertiary/aromatic N) is 3. The highest BCUT2D eigenvalue weighted by molar-refractivity contribution is 9.10. The summed E-state index contributed by atoms with van der Waals surface area (Å²) in [5, 5.41) is 8.92. The number of likely N-dealkylation sites (tertiary alicyclic amines) is 1. The first-order valence-corrected chi connectivity index (χ1v) is 15.1. The Morgan fingerprint density at radius 1 is 1.15 bits per heavy atom. The van der Waals surface area contributed by atoms with Crippen LogP contribution in [0.25, 0.3) is 10.9 Å². The second-order valence-corrected chi connectivity index (χ2v) is 13.1. The van der Waals surface area contributed by atoms with E-state index in [1.165, 1.54) is 12.1 Å². The summed E-state index contributed by atoms with van der Waals surface area (Å²) in [6.07, 6.45) is 2.13. The smallest absolute Gasteiger partial charge is 0.250 e. The Bertz CT molecular complexity index is 1780. The molecule has 3 aromatic carbocycles. The van der Waals surface area contributed by atoms with Crippen molar-refractivity contribution in [1.82, 2.24) is 14.7 Å². The molecule has 4 atom stereocenters. The van der Waals surface area contributed by atoms with Crippen LogP contribution in [0, 0.1) is 23.5 Å². The van der Waals surface area contributed by atoms with E-state index in [2.05, 4.69) is 26.1 Å². The maximum absolute atomic E-state index is 16.1. The minimum Gasteiger partial charge on any atom is -0.476 e. The lowest BCUT2D eigenvalue weighted by Crippen LogP contribution is -2.53. The summed E-state index contributed by atoms with van der Waals surface area (Å²) < 4.78 is 39.1. The third kappa shape index (κ3) is 3.68. The second kappa shape index (κ2) is 9.14. The molecule has 1 saturated carbocycles. The van der Waals surface area contributed by atoms with E-state index in [1.807, 2.05) is 6.07 Å². The van der Waals surface area contributed by atoms with Gasteiger partial charge in [-0.2, -0.15) is 5.10 Å². The average Bonchev–Trinajstić information content (AvgIpc) is 3.61. The van der Waals surface area contributed by atoms with Gasteiger partial charge in [-0.05, 0) is 70.6 Å². The van der Waals surface area contributed by atoms with Crippen molar-refractivity contribution in [3.05, 3.63) is 85.8 Å². The highest BCUT2D eigenvalue weighted by Crippen LogP contribution is 2.61. The van der Waals surface area contributed by atoms with Gasteiger partial charge in [0.1, 0.15) is 23.8 Å². The molecule has 8 rings (SSSR count). The van der Waals surface area contributed by atoms with Crippen molar-refractivity contribution in [2.75, 3.05) is 18.5 Å². The van der Waals surface area contributed by atoms with E-state index in [1.54, 1.807) is 35.0 Å². The Morgan fingerprint density at radius 3 is 2.78 bits per heavy atom. The van der Waals surface area contributed by atoms with Crippen molar-refractivity contribution in [2.45, 2.75) is 36.9 Å². The topological polar surface area (TPSA) is 59.4 Å². The number of halogens is 5. The summed E-state index contributed by atoms with van der Waals surface area (Å²) >= 11 is 16.0. The zero-order chi connectivity index (χ0) is 28.2.